The predicted octanol–water partition coefficient (Wildman–Crippen LogP) is 21.6. The molecule has 1 aliphatic rings. The van der Waals surface area contributed by atoms with Crippen LogP contribution in [0.15, 0.2) is 85.1 Å². The van der Waals surface area contributed by atoms with Crippen LogP contribution in [0.5, 0.6) is 0 Å². The molecular formula is C80H145NO8. The van der Waals surface area contributed by atoms with Crippen molar-refractivity contribution in [1.29, 1.82) is 0 Å². The van der Waals surface area contributed by atoms with E-state index in [1.165, 1.54) is 270 Å². The third kappa shape index (κ3) is 56.6. The van der Waals surface area contributed by atoms with Crippen LogP contribution in [0, 0.1) is 0 Å². The lowest BCUT2D eigenvalue weighted by atomic mass is 9.99. The molecule has 1 fully saturated rings. The van der Waals surface area contributed by atoms with E-state index in [9.17, 15) is 30.3 Å². The van der Waals surface area contributed by atoms with Gasteiger partial charge in [-0.3, -0.25) is 4.79 Å². The number of hydrogen-bond donors (Lipinski definition) is 6. The van der Waals surface area contributed by atoms with Crippen molar-refractivity contribution in [3.63, 3.8) is 0 Å². The molecule has 0 aromatic rings. The third-order valence-corrected chi connectivity index (χ3v) is 18.0. The summed E-state index contributed by atoms with van der Waals surface area (Å²) in [7, 11) is 0. The molecule has 0 saturated carbocycles. The first kappa shape index (κ1) is 84.4. The van der Waals surface area contributed by atoms with Gasteiger partial charge in [0.1, 0.15) is 24.4 Å². The Morgan fingerprint density at radius 2 is 0.708 bits per heavy atom. The number of carbonyl (C=O) groups excluding carboxylic acids is 1. The molecule has 0 aromatic heterocycles. The van der Waals surface area contributed by atoms with Crippen molar-refractivity contribution in [2.45, 2.75) is 403 Å². The molecular weight excluding hydrogens is 1100 g/mol. The van der Waals surface area contributed by atoms with Gasteiger partial charge < -0.3 is 40.3 Å². The first-order chi connectivity index (χ1) is 43.8. The number of unbranched alkanes of at least 4 members (excludes halogenated alkanes) is 45. The average molecular weight is 1250 g/mol. The van der Waals surface area contributed by atoms with E-state index in [0.717, 1.165) is 70.6 Å². The first-order valence-electron chi connectivity index (χ1n) is 38.3. The van der Waals surface area contributed by atoms with Gasteiger partial charge in [0.15, 0.2) is 6.29 Å². The average Bonchev–Trinajstić information content (AvgIpc) is 2.42. The van der Waals surface area contributed by atoms with E-state index in [4.69, 9.17) is 9.47 Å². The second kappa shape index (κ2) is 68.2. The zero-order chi connectivity index (χ0) is 64.2. The molecule has 6 N–H and O–H groups in total. The van der Waals surface area contributed by atoms with Gasteiger partial charge in [-0.15, -0.1) is 0 Å². The molecule has 1 saturated heterocycles. The van der Waals surface area contributed by atoms with Crippen molar-refractivity contribution in [2.24, 2.45) is 0 Å². The normalized spacial score (nSPS) is 18.3. The van der Waals surface area contributed by atoms with E-state index in [1.807, 2.05) is 6.08 Å². The van der Waals surface area contributed by atoms with E-state index in [2.05, 4.69) is 92.1 Å². The van der Waals surface area contributed by atoms with Crippen LogP contribution in [0.25, 0.3) is 0 Å². The van der Waals surface area contributed by atoms with Crippen molar-refractivity contribution in [3.05, 3.63) is 85.1 Å². The van der Waals surface area contributed by atoms with Gasteiger partial charge in [-0.1, -0.05) is 362 Å². The Bertz CT molecular complexity index is 1690. The lowest BCUT2D eigenvalue weighted by Crippen LogP contribution is -2.60. The molecule has 0 radical (unpaired) electrons. The lowest BCUT2D eigenvalue weighted by Gasteiger charge is -2.40. The monoisotopic (exact) mass is 1250 g/mol. The molecule has 1 heterocycles. The first-order valence-corrected chi connectivity index (χ1v) is 38.3. The predicted molar refractivity (Wildman–Crippen MR) is 382 cm³/mol. The molecule has 7 atom stereocenters. The molecule has 0 spiro atoms. The van der Waals surface area contributed by atoms with Crippen LogP contribution in [-0.2, 0) is 14.3 Å². The maximum Gasteiger partial charge on any atom is 0.220 e. The standard InChI is InChI=1S/C80H145NO8/c1-3-5-7-9-11-13-15-17-19-21-23-25-27-29-31-32-33-34-35-36-37-38-39-40-41-42-44-46-48-50-52-54-56-58-60-62-64-66-68-70-76(84)81-73(72-88-80-79(87)78(86)77(85)75(71-82)89-80)74(83)69-67-65-63-61-59-57-55-53-51-49-47-45-43-30-28-26-24-22-20-18-16-14-12-10-8-6-4-2/h5,7,11,13,17,19,23,25,29,31,59,61,67,69,73-75,77-80,82-83,85-87H,3-4,6,8-10,12,14-16,18,20-22,24,26-28,30,32-58,60,62-66,68,70-72H2,1-2H3,(H,81,84)/b7-5-,13-11-,19-17-,25-23-,31-29-,61-59+,69-67+. The van der Waals surface area contributed by atoms with Crippen LogP contribution < -0.4 is 5.32 Å². The Morgan fingerprint density at radius 3 is 1.08 bits per heavy atom. The molecule has 0 aromatic carbocycles. The molecule has 1 amide bonds. The van der Waals surface area contributed by atoms with Crippen LogP contribution >= 0.6 is 0 Å². The van der Waals surface area contributed by atoms with Gasteiger partial charge in [-0.25, -0.2) is 0 Å². The topological polar surface area (TPSA) is 149 Å². The highest BCUT2D eigenvalue weighted by molar-refractivity contribution is 5.76. The fourth-order valence-corrected chi connectivity index (χ4v) is 12.0. The van der Waals surface area contributed by atoms with Crippen LogP contribution in [-0.4, -0.2) is 87.5 Å². The summed E-state index contributed by atoms with van der Waals surface area (Å²) in [6, 6.07) is -0.825. The molecule has 0 aliphatic carbocycles. The summed E-state index contributed by atoms with van der Waals surface area (Å²) < 4.78 is 11.3. The highest BCUT2D eigenvalue weighted by atomic mass is 16.7. The maximum atomic E-state index is 13.2. The molecule has 9 heteroatoms. The Kier molecular flexibility index (Phi) is 64.7. The van der Waals surface area contributed by atoms with Crippen LogP contribution in [0.4, 0.5) is 0 Å². The lowest BCUT2D eigenvalue weighted by molar-refractivity contribution is -0.302. The Balaban J connectivity index is 2.08. The minimum atomic E-state index is -1.57. The summed E-state index contributed by atoms with van der Waals surface area (Å²) >= 11 is 0. The number of amides is 1. The fourth-order valence-electron chi connectivity index (χ4n) is 12.0. The summed E-state index contributed by atoms with van der Waals surface area (Å²) in [4.78, 5) is 13.2. The number of nitrogens with one attached hydrogen (secondary N) is 1. The van der Waals surface area contributed by atoms with Gasteiger partial charge in [-0.2, -0.15) is 0 Å². The maximum absolute atomic E-state index is 13.2. The van der Waals surface area contributed by atoms with Gasteiger partial charge in [0.05, 0.1) is 25.4 Å². The van der Waals surface area contributed by atoms with Gasteiger partial charge in [0.25, 0.3) is 0 Å². The highest BCUT2D eigenvalue weighted by Gasteiger charge is 2.44. The summed E-state index contributed by atoms with van der Waals surface area (Å²) in [5.74, 6) is -0.181. The summed E-state index contributed by atoms with van der Waals surface area (Å²) in [6.45, 7) is 3.70. The number of carbonyl (C=O) groups is 1. The minimum Gasteiger partial charge on any atom is -0.394 e. The number of rotatable bonds is 67. The van der Waals surface area contributed by atoms with E-state index in [0.29, 0.717) is 6.42 Å². The van der Waals surface area contributed by atoms with Crippen LogP contribution in [0.1, 0.15) is 361 Å². The largest absolute Gasteiger partial charge is 0.394 e. The highest BCUT2D eigenvalue weighted by Crippen LogP contribution is 2.24. The van der Waals surface area contributed by atoms with Gasteiger partial charge >= 0.3 is 0 Å². The van der Waals surface area contributed by atoms with Gasteiger partial charge in [0, 0.05) is 6.42 Å². The number of aliphatic hydroxyl groups is 5. The SMILES string of the molecule is CC/C=C\C/C=C\C/C=C\C/C=C\C/C=C\CCCCCCCCCCCCCCCCCCCCCCCCCC(=O)NC(COC1OC(CO)C(O)C(O)C1O)C(O)/C=C/CC/C=C/CCCCCCCCCCCCCCCCCCCCCCC. The van der Waals surface area contributed by atoms with E-state index in [1.54, 1.807) is 6.08 Å². The second-order valence-corrected chi connectivity index (χ2v) is 26.4. The molecule has 0 bridgehead atoms. The van der Waals surface area contributed by atoms with Crippen molar-refractivity contribution in [1.82, 2.24) is 5.32 Å². The minimum absolute atomic E-state index is 0.181. The Hall–Kier alpha value is -2.63. The van der Waals surface area contributed by atoms with Crippen LogP contribution in [0.3, 0.4) is 0 Å². The Labute approximate surface area is 550 Å². The van der Waals surface area contributed by atoms with Crippen molar-refractivity contribution in [2.75, 3.05) is 13.2 Å². The smallest absolute Gasteiger partial charge is 0.220 e. The molecule has 9 nitrogen and oxygen atoms in total. The van der Waals surface area contributed by atoms with E-state index >= 15 is 0 Å². The van der Waals surface area contributed by atoms with Crippen LogP contribution in [0.2, 0.25) is 0 Å². The third-order valence-electron chi connectivity index (χ3n) is 18.0. The van der Waals surface area contributed by atoms with Crippen molar-refractivity contribution >= 4 is 5.91 Å². The molecule has 89 heavy (non-hydrogen) atoms. The van der Waals surface area contributed by atoms with Gasteiger partial charge in [0.2, 0.25) is 5.91 Å². The number of allylic oxidation sites excluding steroid dienone is 13. The van der Waals surface area contributed by atoms with Crippen molar-refractivity contribution < 1.29 is 39.8 Å². The number of aliphatic hydroxyl groups excluding tert-OH is 5. The summed E-state index contributed by atoms with van der Waals surface area (Å²) in [6.07, 6.45) is 91.5. The summed E-state index contributed by atoms with van der Waals surface area (Å²) in [5.41, 5.74) is 0. The molecule has 1 rings (SSSR count). The quantitative estimate of drug-likeness (QED) is 0.0261. The molecule has 518 valence electrons. The van der Waals surface area contributed by atoms with E-state index < -0.39 is 49.5 Å². The molecule has 1 aliphatic heterocycles. The zero-order valence-corrected chi connectivity index (χ0v) is 58.2. The molecule has 7 unspecified atom stereocenters. The van der Waals surface area contributed by atoms with Gasteiger partial charge in [-0.05, 0) is 77.0 Å². The fraction of sp³-hybridized carbons (Fsp3) is 0.812. The number of hydrogen-bond acceptors (Lipinski definition) is 8. The second-order valence-electron chi connectivity index (χ2n) is 26.4. The summed E-state index contributed by atoms with van der Waals surface area (Å²) in [5, 5.41) is 54.8. The van der Waals surface area contributed by atoms with Crippen molar-refractivity contribution in [3.8, 4) is 0 Å². The van der Waals surface area contributed by atoms with E-state index in [-0.39, 0.29) is 12.5 Å². The Morgan fingerprint density at radius 1 is 0.393 bits per heavy atom. The number of ether oxygens (including phenoxy) is 2. The zero-order valence-electron chi connectivity index (χ0n) is 58.2.